The number of carbonyl (C=O) groups is 3. The number of aromatic nitrogens is 2. The van der Waals surface area contributed by atoms with Crippen molar-refractivity contribution in [3.8, 4) is 11.6 Å². The third kappa shape index (κ3) is 6.09. The number of ether oxygens (including phenoxy) is 4. The molecule has 0 N–H and O–H groups in total. The highest BCUT2D eigenvalue weighted by Crippen LogP contribution is 2.43. The zero-order valence-electron chi connectivity index (χ0n) is 26.0. The average Bonchev–Trinajstić information content (AvgIpc) is 3.58. The summed E-state index contributed by atoms with van der Waals surface area (Å²) in [5, 5.41) is 0. The standard InChI is InChI=1S/C33H41F2N3O7/c1-19-25(16-39)38-15-27(19)45-30-29(36-23-11-10-21(42-3)13-24(23)37-30)33(34,35)12-5-4-7-20-8-6-9-26(20)44-28(40)14-22(31(38)41)32(2)17-43-18-32/h10-11,13,16,19-20,22,25-27H,4-9,12,14-15,17-18H2,1-3H3/t19-,20+,22+,25+,26+,27-/m0/s1. The first kappa shape index (κ1) is 31.6. The highest BCUT2D eigenvalue weighted by Gasteiger charge is 2.52. The predicted octanol–water partition coefficient (Wildman–Crippen LogP) is 4.85. The van der Waals surface area contributed by atoms with Crippen molar-refractivity contribution in [1.82, 2.24) is 14.9 Å². The van der Waals surface area contributed by atoms with Crippen molar-refractivity contribution in [3.63, 3.8) is 0 Å². The first-order valence-electron chi connectivity index (χ1n) is 16.0. The van der Waals surface area contributed by atoms with Gasteiger partial charge in [-0.25, -0.2) is 9.97 Å². The van der Waals surface area contributed by atoms with Crippen LogP contribution in [0.1, 0.15) is 70.9 Å². The van der Waals surface area contributed by atoms with Crippen LogP contribution in [0, 0.1) is 23.2 Å². The number of rotatable bonds is 3. The van der Waals surface area contributed by atoms with Gasteiger partial charge < -0.3 is 28.6 Å². The zero-order chi connectivity index (χ0) is 31.9. The van der Waals surface area contributed by atoms with Crippen LogP contribution in [0.15, 0.2) is 18.2 Å². The van der Waals surface area contributed by atoms with Crippen LogP contribution in [0.4, 0.5) is 8.78 Å². The summed E-state index contributed by atoms with van der Waals surface area (Å²) in [4.78, 5) is 50.2. The second-order valence-electron chi connectivity index (χ2n) is 13.4. The largest absolute Gasteiger partial charge is 0.497 e. The summed E-state index contributed by atoms with van der Waals surface area (Å²) in [6.45, 7) is 4.19. The van der Waals surface area contributed by atoms with Gasteiger partial charge in [-0.1, -0.05) is 20.3 Å². The van der Waals surface area contributed by atoms with Crippen molar-refractivity contribution in [2.45, 2.75) is 89.4 Å². The van der Waals surface area contributed by atoms with Crippen LogP contribution >= 0.6 is 0 Å². The number of nitrogens with zero attached hydrogens (tertiary/aromatic N) is 3. The molecule has 1 saturated carbocycles. The Morgan fingerprint density at radius 2 is 1.80 bits per heavy atom. The molecule has 2 bridgehead atoms. The summed E-state index contributed by atoms with van der Waals surface area (Å²) >= 11 is 0. The molecule has 2 aromatic rings. The van der Waals surface area contributed by atoms with Crippen LogP contribution in [-0.4, -0.2) is 78.1 Å². The molecule has 3 fully saturated rings. The first-order chi connectivity index (χ1) is 21.5. The van der Waals surface area contributed by atoms with Crippen molar-refractivity contribution in [1.29, 1.82) is 0 Å². The minimum Gasteiger partial charge on any atom is -0.497 e. The Morgan fingerprint density at radius 1 is 1.02 bits per heavy atom. The fraction of sp³-hybridized carbons (Fsp3) is 0.667. The fourth-order valence-corrected chi connectivity index (χ4v) is 7.37. The minimum atomic E-state index is -3.35. The number of benzene rings is 1. The van der Waals surface area contributed by atoms with Gasteiger partial charge >= 0.3 is 5.97 Å². The molecule has 3 aliphatic heterocycles. The molecule has 1 amide bonds. The van der Waals surface area contributed by atoms with Gasteiger partial charge in [0.05, 0.1) is 56.3 Å². The van der Waals surface area contributed by atoms with Crippen molar-refractivity contribution in [2.24, 2.45) is 23.2 Å². The van der Waals surface area contributed by atoms with Crippen LogP contribution in [0.5, 0.6) is 11.6 Å². The molecular weight excluding hydrogens is 588 g/mol. The van der Waals surface area contributed by atoms with Crippen LogP contribution in [0.2, 0.25) is 0 Å². The molecule has 12 heteroatoms. The van der Waals surface area contributed by atoms with E-state index in [2.05, 4.69) is 9.97 Å². The molecule has 6 rings (SSSR count). The maximum Gasteiger partial charge on any atom is 0.306 e. The van der Waals surface area contributed by atoms with Crippen LogP contribution in [0.25, 0.3) is 11.0 Å². The van der Waals surface area contributed by atoms with Crippen molar-refractivity contribution < 1.29 is 42.1 Å². The van der Waals surface area contributed by atoms with E-state index >= 15 is 8.78 Å². The lowest BCUT2D eigenvalue weighted by molar-refractivity contribution is -0.176. The summed E-state index contributed by atoms with van der Waals surface area (Å²) in [7, 11) is 1.50. The SMILES string of the molecule is COc1ccc2nc3c(nc2c1)O[C@H]1CN(C(=O)[C@H](C2(C)COC2)CC(=O)O[C@@H]2CCC[C@H]2CCCCC3(F)F)[C@H](C=O)[C@@H]1C. The van der Waals surface area contributed by atoms with Gasteiger partial charge in [-0.15, -0.1) is 0 Å². The number of halogens is 2. The fourth-order valence-electron chi connectivity index (χ4n) is 7.37. The normalized spacial score (nSPS) is 31.9. The Morgan fingerprint density at radius 3 is 2.51 bits per heavy atom. The molecule has 45 heavy (non-hydrogen) atoms. The van der Waals surface area contributed by atoms with Gasteiger partial charge in [-0.3, -0.25) is 9.59 Å². The van der Waals surface area contributed by atoms with E-state index < -0.39 is 53.4 Å². The molecule has 1 aliphatic carbocycles. The molecule has 2 saturated heterocycles. The van der Waals surface area contributed by atoms with Gasteiger partial charge in [-0.05, 0) is 50.2 Å². The molecular formula is C33H41F2N3O7. The number of amides is 1. The third-order valence-electron chi connectivity index (χ3n) is 10.3. The minimum absolute atomic E-state index is 0.0422. The summed E-state index contributed by atoms with van der Waals surface area (Å²) in [5.41, 5.74) is -0.581. The molecule has 1 aromatic carbocycles. The van der Waals surface area contributed by atoms with E-state index in [4.69, 9.17) is 18.9 Å². The lowest BCUT2D eigenvalue weighted by atomic mass is 9.72. The smallest absolute Gasteiger partial charge is 0.306 e. The number of aldehydes is 1. The summed E-state index contributed by atoms with van der Waals surface area (Å²) < 4.78 is 54.9. The predicted molar refractivity (Wildman–Crippen MR) is 158 cm³/mol. The summed E-state index contributed by atoms with van der Waals surface area (Å²) in [5.74, 6) is -5.28. The van der Waals surface area contributed by atoms with Gasteiger partial charge in [-0.2, -0.15) is 8.78 Å². The van der Waals surface area contributed by atoms with E-state index in [1.54, 1.807) is 25.1 Å². The number of esters is 1. The summed E-state index contributed by atoms with van der Waals surface area (Å²) in [6.07, 6.45) is 2.85. The van der Waals surface area contributed by atoms with Crippen molar-refractivity contribution in [2.75, 3.05) is 26.9 Å². The lowest BCUT2D eigenvalue weighted by Gasteiger charge is -2.44. The molecule has 0 radical (unpaired) electrons. The maximum absolute atomic E-state index is 16.0. The Kier molecular flexibility index (Phi) is 8.71. The Hall–Kier alpha value is -3.41. The first-order valence-corrected chi connectivity index (χ1v) is 16.0. The highest BCUT2D eigenvalue weighted by atomic mass is 19.3. The zero-order valence-corrected chi connectivity index (χ0v) is 26.0. The number of carbonyl (C=O) groups excluding carboxylic acids is 3. The summed E-state index contributed by atoms with van der Waals surface area (Å²) in [6, 6.07) is 3.93. The van der Waals surface area contributed by atoms with Crippen LogP contribution in [0.3, 0.4) is 0 Å². The van der Waals surface area contributed by atoms with E-state index in [1.807, 2.05) is 6.92 Å². The van der Waals surface area contributed by atoms with Gasteiger partial charge in [0, 0.05) is 23.8 Å². The molecule has 244 valence electrons. The van der Waals surface area contributed by atoms with Crippen LogP contribution in [-0.2, 0) is 29.8 Å². The van der Waals surface area contributed by atoms with Gasteiger partial charge in [0.1, 0.15) is 24.2 Å². The quantitative estimate of drug-likeness (QED) is 0.347. The Labute approximate surface area is 261 Å². The van der Waals surface area contributed by atoms with E-state index in [-0.39, 0.29) is 48.7 Å². The molecule has 0 unspecified atom stereocenters. The number of hydrogen-bond donors (Lipinski definition) is 0. The lowest BCUT2D eigenvalue weighted by Crippen LogP contribution is -2.54. The number of hydrogen-bond acceptors (Lipinski definition) is 9. The van der Waals surface area contributed by atoms with E-state index in [0.717, 1.165) is 12.8 Å². The number of alkyl halides is 2. The molecule has 0 spiro atoms. The second-order valence-corrected chi connectivity index (χ2v) is 13.4. The van der Waals surface area contributed by atoms with E-state index in [0.29, 0.717) is 50.0 Å². The van der Waals surface area contributed by atoms with Crippen molar-refractivity contribution >= 4 is 29.2 Å². The second kappa shape index (κ2) is 12.4. The monoisotopic (exact) mass is 629 g/mol. The Balaban J connectivity index is 1.39. The Bertz CT molecular complexity index is 1450. The molecule has 4 aliphatic rings. The molecule has 10 nitrogen and oxygen atoms in total. The molecule has 6 atom stereocenters. The maximum atomic E-state index is 16.0. The van der Waals surface area contributed by atoms with Crippen molar-refractivity contribution in [3.05, 3.63) is 23.9 Å². The van der Waals surface area contributed by atoms with E-state index in [1.165, 1.54) is 12.0 Å². The highest BCUT2D eigenvalue weighted by molar-refractivity contribution is 5.87. The number of fused-ring (bicyclic) bond motifs is 5. The molecule has 1 aromatic heterocycles. The van der Waals surface area contributed by atoms with Crippen LogP contribution < -0.4 is 9.47 Å². The van der Waals surface area contributed by atoms with Gasteiger partial charge in [0.15, 0.2) is 5.69 Å². The number of methoxy groups -OCH3 is 1. The third-order valence-corrected chi connectivity index (χ3v) is 10.3. The van der Waals surface area contributed by atoms with E-state index in [9.17, 15) is 14.4 Å². The molecule has 4 heterocycles. The topological polar surface area (TPSA) is 117 Å². The van der Waals surface area contributed by atoms with Gasteiger partial charge in [0.25, 0.3) is 5.92 Å². The average molecular weight is 630 g/mol. The van der Waals surface area contributed by atoms with Gasteiger partial charge in [0.2, 0.25) is 11.8 Å².